The van der Waals surface area contributed by atoms with E-state index in [1.807, 2.05) is 6.08 Å². The quantitative estimate of drug-likeness (QED) is 0.443. The maximum Gasteiger partial charge on any atom is 0.182 e. The van der Waals surface area contributed by atoms with Crippen molar-refractivity contribution in [1.82, 2.24) is 0 Å². The van der Waals surface area contributed by atoms with Gasteiger partial charge in [-0.3, -0.25) is 0 Å². The van der Waals surface area contributed by atoms with Crippen LogP contribution in [0.5, 0.6) is 0 Å². The van der Waals surface area contributed by atoms with E-state index in [-0.39, 0.29) is 0 Å². The van der Waals surface area contributed by atoms with Crippen LogP contribution in [-0.2, 0) is 0 Å². The Bertz CT molecular complexity index is 223. The van der Waals surface area contributed by atoms with Gasteiger partial charge in [-0.05, 0) is 12.5 Å². The fourth-order valence-corrected chi connectivity index (χ4v) is 2.02. The first-order valence-corrected chi connectivity index (χ1v) is 5.81. The first kappa shape index (κ1) is 10.6. The molecule has 0 N–H and O–H groups in total. The third-order valence-corrected chi connectivity index (χ3v) is 3.00. The molecule has 0 aromatic carbocycles. The van der Waals surface area contributed by atoms with E-state index in [0.29, 0.717) is 0 Å². The van der Waals surface area contributed by atoms with Crippen LogP contribution in [0.15, 0.2) is 29.2 Å². The predicted octanol–water partition coefficient (Wildman–Crippen LogP) is 4.46. The van der Waals surface area contributed by atoms with Crippen LogP contribution in [0.3, 0.4) is 0 Å². The Labute approximate surface area is 85.8 Å². The Kier molecular flexibility index (Phi) is 4.88. The predicted molar refractivity (Wildman–Crippen MR) is 61.4 cm³/mol. The van der Waals surface area contributed by atoms with Crippen molar-refractivity contribution in [2.24, 2.45) is 0 Å². The van der Waals surface area contributed by atoms with Gasteiger partial charge in [-0.25, -0.2) is 0 Å². The molecule has 0 radical (unpaired) electrons. The molecule has 0 saturated heterocycles. The van der Waals surface area contributed by atoms with Gasteiger partial charge in [-0.1, -0.05) is 32.8 Å². The van der Waals surface area contributed by atoms with E-state index in [1.165, 1.54) is 42.6 Å². The molecule has 0 atom stereocenters. The lowest BCUT2D eigenvalue weighted by Crippen LogP contribution is -1.79. The van der Waals surface area contributed by atoms with E-state index in [9.17, 15) is 0 Å². The lowest BCUT2D eigenvalue weighted by molar-refractivity contribution is 0.668. The SMILES string of the molecule is C=CC1=CC(CCCCCC)=[C+]S1. The molecular weight excluding hydrogens is 176 g/mol. The Morgan fingerprint density at radius 1 is 1.46 bits per heavy atom. The van der Waals surface area contributed by atoms with E-state index in [1.54, 1.807) is 11.8 Å². The zero-order valence-electron chi connectivity index (χ0n) is 8.31. The molecular formula is C12H17S+. The molecule has 1 rings (SSSR count). The summed E-state index contributed by atoms with van der Waals surface area (Å²) in [6.07, 6.45) is 10.6. The minimum absolute atomic E-state index is 1.18. The number of thioether (sulfide) groups is 1. The molecule has 13 heavy (non-hydrogen) atoms. The van der Waals surface area contributed by atoms with Gasteiger partial charge in [0.1, 0.15) is 4.91 Å². The molecule has 0 aliphatic carbocycles. The van der Waals surface area contributed by atoms with Crippen molar-refractivity contribution >= 4 is 11.8 Å². The van der Waals surface area contributed by atoms with Gasteiger partial charge in [0, 0.05) is 6.42 Å². The van der Waals surface area contributed by atoms with E-state index < -0.39 is 0 Å². The van der Waals surface area contributed by atoms with E-state index in [4.69, 9.17) is 0 Å². The number of rotatable bonds is 6. The van der Waals surface area contributed by atoms with Crippen LogP contribution >= 0.6 is 11.8 Å². The van der Waals surface area contributed by atoms with Crippen molar-refractivity contribution < 1.29 is 0 Å². The topological polar surface area (TPSA) is 0 Å². The molecule has 0 bridgehead atoms. The lowest BCUT2D eigenvalue weighted by atomic mass is 10.1. The fourth-order valence-electron chi connectivity index (χ4n) is 1.32. The van der Waals surface area contributed by atoms with E-state index in [2.05, 4.69) is 25.0 Å². The third-order valence-electron chi connectivity index (χ3n) is 2.12. The Hall–Kier alpha value is -0.520. The molecule has 0 fully saturated rings. The fraction of sp³-hybridized carbons (Fsp3) is 0.500. The Morgan fingerprint density at radius 2 is 2.31 bits per heavy atom. The number of unbranched alkanes of at least 4 members (excludes halogenated alkanes) is 3. The molecule has 1 heterocycles. The molecule has 0 aromatic rings. The van der Waals surface area contributed by atoms with Crippen LogP contribution in [-0.4, -0.2) is 0 Å². The highest BCUT2D eigenvalue weighted by atomic mass is 32.2. The highest BCUT2D eigenvalue weighted by Gasteiger charge is 2.17. The van der Waals surface area contributed by atoms with Gasteiger partial charge in [-0.2, -0.15) is 0 Å². The van der Waals surface area contributed by atoms with Crippen molar-refractivity contribution in [2.45, 2.75) is 39.0 Å². The normalized spacial score (nSPS) is 14.8. The Balaban J connectivity index is 2.16. The standard InChI is InChI=1S/C12H17S/c1-3-5-6-7-8-11-9-12(4-2)13-10-11/h4,9H,2-3,5-8H2,1H3/q+1. The largest absolute Gasteiger partial charge is 0.182 e. The average Bonchev–Trinajstić information content (AvgIpc) is 2.60. The van der Waals surface area contributed by atoms with Crippen LogP contribution in [0, 0.1) is 5.41 Å². The smallest absolute Gasteiger partial charge is 0.0960 e. The van der Waals surface area contributed by atoms with Crippen LogP contribution in [0.4, 0.5) is 0 Å². The molecule has 0 unspecified atom stereocenters. The summed E-state index contributed by atoms with van der Waals surface area (Å²) in [5.41, 5.74) is 1.36. The highest BCUT2D eigenvalue weighted by molar-refractivity contribution is 8.05. The summed E-state index contributed by atoms with van der Waals surface area (Å²) >= 11 is 1.67. The molecule has 1 aliphatic heterocycles. The summed E-state index contributed by atoms with van der Waals surface area (Å²) in [6.45, 7) is 5.99. The summed E-state index contributed by atoms with van der Waals surface area (Å²) in [4.78, 5) is 1.24. The second-order valence-corrected chi connectivity index (χ2v) is 4.17. The van der Waals surface area contributed by atoms with Gasteiger partial charge in [0.2, 0.25) is 0 Å². The van der Waals surface area contributed by atoms with Crippen LogP contribution in [0.25, 0.3) is 0 Å². The molecule has 70 valence electrons. The molecule has 1 heteroatoms. The van der Waals surface area contributed by atoms with Gasteiger partial charge < -0.3 is 0 Å². The summed E-state index contributed by atoms with van der Waals surface area (Å²) in [6, 6.07) is 0. The molecule has 0 amide bonds. The van der Waals surface area contributed by atoms with Crippen molar-refractivity contribution in [1.29, 1.82) is 0 Å². The number of hydrogen-bond donors (Lipinski definition) is 0. The minimum Gasteiger partial charge on any atom is -0.0960 e. The summed E-state index contributed by atoms with van der Waals surface area (Å²) in [5.74, 6) is 0. The van der Waals surface area contributed by atoms with E-state index >= 15 is 0 Å². The second-order valence-electron chi connectivity index (χ2n) is 3.29. The van der Waals surface area contributed by atoms with Crippen molar-refractivity contribution in [3.63, 3.8) is 0 Å². The molecule has 0 spiro atoms. The first-order chi connectivity index (χ1) is 6.36. The lowest BCUT2D eigenvalue weighted by Gasteiger charge is -1.93. The molecule has 0 aromatic heterocycles. The van der Waals surface area contributed by atoms with E-state index in [0.717, 1.165) is 0 Å². The summed E-state index contributed by atoms with van der Waals surface area (Å²) in [7, 11) is 0. The monoisotopic (exact) mass is 193 g/mol. The highest BCUT2D eigenvalue weighted by Crippen LogP contribution is 2.30. The van der Waals surface area contributed by atoms with Crippen LogP contribution < -0.4 is 0 Å². The first-order valence-electron chi connectivity index (χ1n) is 4.99. The molecule has 1 aliphatic rings. The Morgan fingerprint density at radius 3 is 2.92 bits per heavy atom. The third kappa shape index (κ3) is 3.80. The van der Waals surface area contributed by atoms with Gasteiger partial charge in [-0.15, -0.1) is 0 Å². The maximum absolute atomic E-state index is 3.74. The number of allylic oxidation sites excluding steroid dienone is 3. The minimum atomic E-state index is 1.18. The van der Waals surface area contributed by atoms with Crippen molar-refractivity contribution in [2.75, 3.05) is 0 Å². The van der Waals surface area contributed by atoms with Gasteiger partial charge in [0.05, 0.1) is 17.8 Å². The second kappa shape index (κ2) is 6.01. The van der Waals surface area contributed by atoms with Gasteiger partial charge in [0.15, 0.2) is 11.0 Å². The van der Waals surface area contributed by atoms with Crippen LogP contribution in [0.2, 0.25) is 0 Å². The molecule has 0 nitrogen and oxygen atoms in total. The van der Waals surface area contributed by atoms with Crippen LogP contribution in [0.1, 0.15) is 39.0 Å². The van der Waals surface area contributed by atoms with Gasteiger partial charge >= 0.3 is 0 Å². The zero-order valence-corrected chi connectivity index (χ0v) is 9.12. The maximum atomic E-state index is 3.74. The average molecular weight is 193 g/mol. The van der Waals surface area contributed by atoms with Crippen molar-refractivity contribution in [3.05, 3.63) is 34.6 Å². The van der Waals surface area contributed by atoms with Gasteiger partial charge in [0.25, 0.3) is 0 Å². The van der Waals surface area contributed by atoms with Crippen molar-refractivity contribution in [3.8, 4) is 0 Å². The zero-order chi connectivity index (χ0) is 9.52. The molecule has 0 saturated carbocycles. The summed E-state index contributed by atoms with van der Waals surface area (Å²) < 4.78 is 0. The number of hydrogen-bond acceptors (Lipinski definition) is 1. The summed E-state index contributed by atoms with van der Waals surface area (Å²) in [5, 5.41) is 3.30.